The second-order valence-corrected chi connectivity index (χ2v) is 2.84. The second-order valence-electron chi connectivity index (χ2n) is 2.84. The van der Waals surface area contributed by atoms with Gasteiger partial charge in [-0.1, -0.05) is 18.2 Å². The molecule has 2 rings (SSSR count). The zero-order valence-electron chi connectivity index (χ0n) is 8.10. The Labute approximate surface area is 86.5 Å². The smallest absolute Gasteiger partial charge is 0.413 e. The number of nitrogens with zero attached hydrogens (tertiary/aromatic N) is 2. The van der Waals surface area contributed by atoms with E-state index in [1.807, 2.05) is 30.3 Å². The Hall–Kier alpha value is -2.17. The first-order chi connectivity index (χ1) is 7.29. The summed E-state index contributed by atoms with van der Waals surface area (Å²) in [5.41, 5.74) is 1.46. The van der Waals surface area contributed by atoms with E-state index < -0.39 is 6.09 Å². The number of aromatic nitrogens is 2. The van der Waals surface area contributed by atoms with Crippen molar-refractivity contribution in [1.29, 1.82) is 0 Å². The standard InChI is InChI=1S/C10H9N3O2/c1-15-10(14)13-9-11-7-5-3-2-4-6-8(7)12-9/h2-6H,1H3,(H,11,12,13,14). The molecule has 15 heavy (non-hydrogen) atoms. The number of methoxy groups -OCH3 is 1. The topological polar surface area (TPSA) is 64.1 Å². The average molecular weight is 203 g/mol. The Morgan fingerprint density at radius 2 is 1.80 bits per heavy atom. The summed E-state index contributed by atoms with van der Waals surface area (Å²) in [5, 5.41) is 2.41. The highest BCUT2D eigenvalue weighted by molar-refractivity contribution is 5.83. The van der Waals surface area contributed by atoms with Gasteiger partial charge >= 0.3 is 6.09 Å². The van der Waals surface area contributed by atoms with E-state index in [0.717, 1.165) is 11.4 Å². The summed E-state index contributed by atoms with van der Waals surface area (Å²) >= 11 is 0. The van der Waals surface area contributed by atoms with Crippen molar-refractivity contribution >= 4 is 12.0 Å². The van der Waals surface area contributed by atoms with Crippen LogP contribution in [0.3, 0.4) is 0 Å². The number of hydrogen-bond acceptors (Lipinski definition) is 4. The van der Waals surface area contributed by atoms with Gasteiger partial charge in [-0.3, -0.25) is 5.32 Å². The van der Waals surface area contributed by atoms with Gasteiger partial charge in [-0.05, 0) is 12.1 Å². The summed E-state index contributed by atoms with van der Waals surface area (Å²) in [6.07, 6.45) is -0.574. The normalized spacial score (nSPS) is 9.93. The highest BCUT2D eigenvalue weighted by Gasteiger charge is 2.10. The van der Waals surface area contributed by atoms with Crippen molar-refractivity contribution in [1.82, 2.24) is 9.97 Å². The van der Waals surface area contributed by atoms with Crippen LogP contribution in [0.25, 0.3) is 11.4 Å². The zero-order chi connectivity index (χ0) is 10.7. The predicted molar refractivity (Wildman–Crippen MR) is 54.7 cm³/mol. The van der Waals surface area contributed by atoms with E-state index in [9.17, 15) is 4.79 Å². The molecule has 0 spiro atoms. The second kappa shape index (κ2) is 3.91. The van der Waals surface area contributed by atoms with Crippen LogP contribution in [0.15, 0.2) is 30.3 Å². The lowest BCUT2D eigenvalue weighted by atomic mass is 10.3. The summed E-state index contributed by atoms with van der Waals surface area (Å²) in [4.78, 5) is 19.1. The fourth-order valence-corrected chi connectivity index (χ4v) is 1.17. The van der Waals surface area contributed by atoms with E-state index in [1.165, 1.54) is 7.11 Å². The fraction of sp³-hybridized carbons (Fsp3) is 0.100. The number of nitrogens with one attached hydrogen (secondary N) is 1. The van der Waals surface area contributed by atoms with Crippen LogP contribution in [0.1, 0.15) is 0 Å². The van der Waals surface area contributed by atoms with Crippen molar-refractivity contribution in [2.24, 2.45) is 0 Å². The van der Waals surface area contributed by atoms with Crippen LogP contribution in [0.2, 0.25) is 0 Å². The first kappa shape index (κ1) is 9.39. The van der Waals surface area contributed by atoms with Gasteiger partial charge in [0.1, 0.15) is 0 Å². The monoisotopic (exact) mass is 203 g/mol. The quantitative estimate of drug-likeness (QED) is 0.767. The molecule has 1 heterocycles. The third kappa shape index (κ3) is 2.01. The Morgan fingerprint density at radius 3 is 2.33 bits per heavy atom. The fourth-order valence-electron chi connectivity index (χ4n) is 1.17. The molecule has 0 unspecified atom stereocenters. The Balaban J connectivity index is 2.32. The summed E-state index contributed by atoms with van der Waals surface area (Å²) in [6.45, 7) is 0. The van der Waals surface area contributed by atoms with Crippen molar-refractivity contribution in [2.45, 2.75) is 0 Å². The molecular weight excluding hydrogens is 194 g/mol. The summed E-state index contributed by atoms with van der Waals surface area (Å²) in [5.74, 6) is 0.253. The minimum atomic E-state index is -0.574. The largest absolute Gasteiger partial charge is 0.453 e. The van der Waals surface area contributed by atoms with Gasteiger partial charge in [-0.2, -0.15) is 0 Å². The molecule has 2 aliphatic rings. The lowest BCUT2D eigenvalue weighted by Gasteiger charge is -1.95. The molecule has 1 aliphatic heterocycles. The molecule has 0 aromatic heterocycles. The summed E-state index contributed by atoms with van der Waals surface area (Å²) in [6, 6.07) is 9.25. The first-order valence-corrected chi connectivity index (χ1v) is 4.37. The van der Waals surface area contributed by atoms with E-state index in [4.69, 9.17) is 0 Å². The molecule has 0 bridgehead atoms. The van der Waals surface area contributed by atoms with Crippen LogP contribution in [-0.4, -0.2) is 23.2 Å². The molecular formula is C10H9N3O2. The van der Waals surface area contributed by atoms with Crippen molar-refractivity contribution in [3.8, 4) is 11.4 Å². The summed E-state index contributed by atoms with van der Waals surface area (Å²) < 4.78 is 4.44. The third-order valence-electron chi connectivity index (χ3n) is 1.84. The van der Waals surface area contributed by atoms with Crippen LogP contribution in [0.5, 0.6) is 0 Å². The van der Waals surface area contributed by atoms with Gasteiger partial charge in [-0.15, -0.1) is 0 Å². The van der Waals surface area contributed by atoms with E-state index in [-0.39, 0.29) is 5.95 Å². The van der Waals surface area contributed by atoms with Gasteiger partial charge in [-0.25, -0.2) is 14.8 Å². The molecule has 0 fully saturated rings. The number of carbonyl (C=O) groups is 1. The van der Waals surface area contributed by atoms with Gasteiger partial charge < -0.3 is 4.74 Å². The van der Waals surface area contributed by atoms with Gasteiger partial charge in [0.05, 0.1) is 18.5 Å². The molecule has 0 saturated heterocycles. The van der Waals surface area contributed by atoms with Gasteiger partial charge in [0.15, 0.2) is 0 Å². The van der Waals surface area contributed by atoms with Crippen molar-refractivity contribution in [3.63, 3.8) is 0 Å². The number of fused-ring (bicyclic) bond motifs is 1. The molecule has 0 aromatic carbocycles. The van der Waals surface area contributed by atoms with Crippen LogP contribution in [0.4, 0.5) is 10.7 Å². The Kier molecular flexibility index (Phi) is 2.45. The van der Waals surface area contributed by atoms with Gasteiger partial charge in [0.2, 0.25) is 5.95 Å². The van der Waals surface area contributed by atoms with Crippen molar-refractivity contribution < 1.29 is 9.53 Å². The lowest BCUT2D eigenvalue weighted by Crippen LogP contribution is -2.11. The predicted octanol–water partition coefficient (Wildman–Crippen LogP) is 1.76. The molecule has 1 aliphatic carbocycles. The number of ether oxygens (including phenoxy) is 1. The van der Waals surface area contributed by atoms with E-state index >= 15 is 0 Å². The number of rotatable bonds is 1. The van der Waals surface area contributed by atoms with Crippen molar-refractivity contribution in [2.75, 3.05) is 12.4 Å². The molecule has 5 nitrogen and oxygen atoms in total. The number of amides is 1. The van der Waals surface area contributed by atoms with E-state index in [0.29, 0.717) is 0 Å². The van der Waals surface area contributed by atoms with Crippen LogP contribution < -0.4 is 5.32 Å². The molecule has 76 valence electrons. The van der Waals surface area contributed by atoms with Crippen LogP contribution in [0, 0.1) is 0 Å². The molecule has 5 heteroatoms. The number of imidazole rings is 1. The SMILES string of the molecule is COC(=O)Nc1nc2cccccc-2n1. The minimum Gasteiger partial charge on any atom is -0.453 e. The van der Waals surface area contributed by atoms with Crippen LogP contribution in [-0.2, 0) is 4.74 Å². The van der Waals surface area contributed by atoms with Crippen molar-refractivity contribution in [3.05, 3.63) is 30.3 Å². The number of hydrogen-bond donors (Lipinski definition) is 1. The number of anilines is 1. The molecule has 1 amide bonds. The summed E-state index contributed by atoms with van der Waals surface area (Å²) in [7, 11) is 1.29. The maximum Gasteiger partial charge on any atom is 0.413 e. The highest BCUT2D eigenvalue weighted by atomic mass is 16.5. The van der Waals surface area contributed by atoms with Gasteiger partial charge in [0.25, 0.3) is 0 Å². The Morgan fingerprint density at radius 1 is 1.20 bits per heavy atom. The average Bonchev–Trinajstić information content (AvgIpc) is 2.48. The zero-order valence-corrected chi connectivity index (χ0v) is 8.10. The molecule has 0 radical (unpaired) electrons. The maximum absolute atomic E-state index is 10.9. The number of carbonyl (C=O) groups excluding carboxylic acids is 1. The molecule has 0 aromatic rings. The van der Waals surface area contributed by atoms with E-state index in [1.54, 1.807) is 0 Å². The molecule has 0 atom stereocenters. The molecule has 1 N–H and O–H groups in total. The first-order valence-electron chi connectivity index (χ1n) is 4.37. The maximum atomic E-state index is 10.9. The minimum absolute atomic E-state index is 0.253. The van der Waals surface area contributed by atoms with E-state index in [2.05, 4.69) is 20.0 Å². The molecule has 0 saturated carbocycles. The highest BCUT2D eigenvalue weighted by Crippen LogP contribution is 2.18. The third-order valence-corrected chi connectivity index (χ3v) is 1.84. The van der Waals surface area contributed by atoms with Crippen LogP contribution >= 0.6 is 0 Å². The lowest BCUT2D eigenvalue weighted by molar-refractivity contribution is 0.186. The Bertz CT molecular complexity index is 428. The van der Waals surface area contributed by atoms with Gasteiger partial charge in [0, 0.05) is 0 Å².